The van der Waals surface area contributed by atoms with Crippen LogP contribution in [-0.2, 0) is 16.0 Å². The van der Waals surface area contributed by atoms with Gasteiger partial charge in [-0.2, -0.15) is 0 Å². The van der Waals surface area contributed by atoms with Gasteiger partial charge >= 0.3 is 0 Å². The number of hydrogen-bond donors (Lipinski definition) is 2. The van der Waals surface area contributed by atoms with Crippen LogP contribution in [0.3, 0.4) is 0 Å². The van der Waals surface area contributed by atoms with Gasteiger partial charge in [0.2, 0.25) is 5.91 Å². The third-order valence-electron chi connectivity index (χ3n) is 3.98. The van der Waals surface area contributed by atoms with Crippen molar-refractivity contribution in [3.8, 4) is 5.75 Å². The minimum Gasteiger partial charge on any atom is -0.484 e. The van der Waals surface area contributed by atoms with Crippen molar-refractivity contribution in [1.82, 2.24) is 10.9 Å². The van der Waals surface area contributed by atoms with Crippen LogP contribution in [0, 0.1) is 5.92 Å². The van der Waals surface area contributed by atoms with E-state index >= 15 is 0 Å². The number of amides is 2. The maximum absolute atomic E-state index is 11.9. The molecule has 0 heterocycles. The monoisotopic (exact) mass is 304 g/mol. The Morgan fingerprint density at radius 2 is 1.95 bits per heavy atom. The molecule has 0 aliphatic heterocycles. The van der Waals surface area contributed by atoms with Crippen molar-refractivity contribution >= 4 is 11.8 Å². The number of hydrazine groups is 1. The van der Waals surface area contributed by atoms with Crippen LogP contribution >= 0.6 is 0 Å². The summed E-state index contributed by atoms with van der Waals surface area (Å²) in [7, 11) is 0. The van der Waals surface area contributed by atoms with Gasteiger partial charge in [-0.3, -0.25) is 20.4 Å². The summed E-state index contributed by atoms with van der Waals surface area (Å²) in [5.74, 6) is 0.233. The molecule has 1 aromatic carbocycles. The molecule has 5 nitrogen and oxygen atoms in total. The first-order valence-electron chi connectivity index (χ1n) is 7.99. The summed E-state index contributed by atoms with van der Waals surface area (Å²) in [5.41, 5.74) is 6.06. The van der Waals surface area contributed by atoms with Gasteiger partial charge in [0.1, 0.15) is 5.75 Å². The highest BCUT2D eigenvalue weighted by Crippen LogP contribution is 2.23. The SMILES string of the molecule is CCc1cccc(OCC(=O)NNC(=O)C2CCCCC2)c1. The van der Waals surface area contributed by atoms with Gasteiger partial charge in [0.15, 0.2) is 6.61 Å². The zero-order valence-electron chi connectivity index (χ0n) is 13.1. The molecular formula is C17H24N2O3. The second-order valence-corrected chi connectivity index (χ2v) is 5.66. The fourth-order valence-corrected chi connectivity index (χ4v) is 2.64. The molecule has 1 aliphatic rings. The van der Waals surface area contributed by atoms with E-state index in [1.54, 1.807) is 0 Å². The molecule has 0 bridgehead atoms. The lowest BCUT2D eigenvalue weighted by Crippen LogP contribution is -2.46. The van der Waals surface area contributed by atoms with Gasteiger partial charge < -0.3 is 4.74 Å². The number of carbonyl (C=O) groups excluding carboxylic acids is 2. The Hall–Kier alpha value is -2.04. The van der Waals surface area contributed by atoms with E-state index in [-0.39, 0.29) is 24.3 Å². The van der Waals surface area contributed by atoms with Crippen LogP contribution in [0.15, 0.2) is 24.3 Å². The van der Waals surface area contributed by atoms with Crippen molar-refractivity contribution in [2.75, 3.05) is 6.61 Å². The zero-order valence-corrected chi connectivity index (χ0v) is 13.1. The van der Waals surface area contributed by atoms with Crippen molar-refractivity contribution < 1.29 is 14.3 Å². The van der Waals surface area contributed by atoms with E-state index in [4.69, 9.17) is 4.74 Å². The lowest BCUT2D eigenvalue weighted by atomic mass is 9.89. The van der Waals surface area contributed by atoms with E-state index in [9.17, 15) is 9.59 Å². The molecule has 0 aromatic heterocycles. The maximum atomic E-state index is 11.9. The van der Waals surface area contributed by atoms with Gasteiger partial charge in [-0.25, -0.2) is 0 Å². The Bertz CT molecular complexity index is 510. The van der Waals surface area contributed by atoms with Crippen LogP contribution in [0.1, 0.15) is 44.6 Å². The van der Waals surface area contributed by atoms with E-state index in [2.05, 4.69) is 17.8 Å². The first-order chi connectivity index (χ1) is 10.7. The summed E-state index contributed by atoms with van der Waals surface area (Å²) >= 11 is 0. The molecule has 0 unspecified atom stereocenters. The molecule has 0 radical (unpaired) electrons. The van der Waals surface area contributed by atoms with E-state index in [1.807, 2.05) is 24.3 Å². The quantitative estimate of drug-likeness (QED) is 0.821. The summed E-state index contributed by atoms with van der Waals surface area (Å²) in [6.45, 7) is 1.95. The van der Waals surface area contributed by atoms with Gasteiger partial charge in [0, 0.05) is 5.92 Å². The van der Waals surface area contributed by atoms with Crippen molar-refractivity contribution in [2.24, 2.45) is 5.92 Å². The second kappa shape index (κ2) is 8.41. The van der Waals surface area contributed by atoms with Crippen LogP contribution in [-0.4, -0.2) is 18.4 Å². The average molecular weight is 304 g/mol. The molecule has 2 rings (SSSR count). The summed E-state index contributed by atoms with van der Waals surface area (Å²) in [5, 5.41) is 0. The highest BCUT2D eigenvalue weighted by Gasteiger charge is 2.21. The van der Waals surface area contributed by atoms with Crippen molar-refractivity contribution in [1.29, 1.82) is 0 Å². The summed E-state index contributed by atoms with van der Waals surface area (Å²) < 4.78 is 5.42. The molecule has 2 amide bonds. The number of nitrogens with one attached hydrogen (secondary N) is 2. The average Bonchev–Trinajstić information content (AvgIpc) is 2.58. The highest BCUT2D eigenvalue weighted by molar-refractivity contribution is 5.84. The van der Waals surface area contributed by atoms with Crippen LogP contribution < -0.4 is 15.6 Å². The predicted octanol–water partition coefficient (Wildman–Crippen LogP) is 2.36. The number of hydrogen-bond acceptors (Lipinski definition) is 3. The number of benzene rings is 1. The van der Waals surface area contributed by atoms with Crippen LogP contribution in [0.4, 0.5) is 0 Å². The fourth-order valence-electron chi connectivity index (χ4n) is 2.64. The molecule has 2 N–H and O–H groups in total. The minimum atomic E-state index is -0.355. The van der Waals surface area contributed by atoms with E-state index in [0.717, 1.165) is 37.7 Å². The maximum Gasteiger partial charge on any atom is 0.276 e. The molecule has 0 atom stereocenters. The van der Waals surface area contributed by atoms with E-state index in [1.165, 1.54) is 6.42 Å². The predicted molar refractivity (Wildman–Crippen MR) is 84.2 cm³/mol. The van der Waals surface area contributed by atoms with Crippen molar-refractivity contribution in [2.45, 2.75) is 45.4 Å². The van der Waals surface area contributed by atoms with E-state index < -0.39 is 0 Å². The zero-order chi connectivity index (χ0) is 15.8. The smallest absolute Gasteiger partial charge is 0.276 e. The molecule has 0 spiro atoms. The summed E-state index contributed by atoms with van der Waals surface area (Å²) in [6, 6.07) is 7.63. The minimum absolute atomic E-state index is 0.0243. The molecule has 120 valence electrons. The number of aryl methyl sites for hydroxylation is 1. The molecule has 5 heteroatoms. The third kappa shape index (κ3) is 5.06. The first-order valence-corrected chi connectivity index (χ1v) is 7.99. The highest BCUT2D eigenvalue weighted by atomic mass is 16.5. The molecular weight excluding hydrogens is 280 g/mol. The molecule has 1 fully saturated rings. The molecule has 1 saturated carbocycles. The summed E-state index contributed by atoms with van der Waals surface area (Å²) in [6.07, 6.45) is 6.09. The number of ether oxygens (including phenoxy) is 1. The van der Waals surface area contributed by atoms with Crippen molar-refractivity contribution in [3.05, 3.63) is 29.8 Å². The van der Waals surface area contributed by atoms with Crippen LogP contribution in [0.5, 0.6) is 5.75 Å². The Morgan fingerprint density at radius 3 is 2.68 bits per heavy atom. The topological polar surface area (TPSA) is 67.4 Å². The van der Waals surface area contributed by atoms with Gasteiger partial charge in [-0.05, 0) is 37.0 Å². The largest absolute Gasteiger partial charge is 0.484 e. The lowest BCUT2D eigenvalue weighted by molar-refractivity contribution is -0.132. The Morgan fingerprint density at radius 1 is 1.18 bits per heavy atom. The van der Waals surface area contributed by atoms with Crippen LogP contribution in [0.25, 0.3) is 0 Å². The van der Waals surface area contributed by atoms with Crippen molar-refractivity contribution in [3.63, 3.8) is 0 Å². The molecule has 0 saturated heterocycles. The fraction of sp³-hybridized carbons (Fsp3) is 0.529. The van der Waals surface area contributed by atoms with Gasteiger partial charge in [-0.15, -0.1) is 0 Å². The van der Waals surface area contributed by atoms with Crippen LogP contribution in [0.2, 0.25) is 0 Å². The lowest BCUT2D eigenvalue weighted by Gasteiger charge is -2.20. The second-order valence-electron chi connectivity index (χ2n) is 5.66. The third-order valence-corrected chi connectivity index (χ3v) is 3.98. The van der Waals surface area contributed by atoms with Gasteiger partial charge in [0.05, 0.1) is 0 Å². The van der Waals surface area contributed by atoms with E-state index in [0.29, 0.717) is 5.75 Å². The molecule has 1 aromatic rings. The normalized spacial score (nSPS) is 15.1. The Balaban J connectivity index is 1.70. The summed E-state index contributed by atoms with van der Waals surface area (Å²) in [4.78, 5) is 23.6. The Labute approximate surface area is 131 Å². The first kappa shape index (κ1) is 16.3. The molecule has 22 heavy (non-hydrogen) atoms. The van der Waals surface area contributed by atoms with Gasteiger partial charge in [-0.1, -0.05) is 38.3 Å². The number of rotatable bonds is 5. The molecule has 1 aliphatic carbocycles. The van der Waals surface area contributed by atoms with Gasteiger partial charge in [0.25, 0.3) is 5.91 Å². The number of carbonyl (C=O) groups is 2. The standard InChI is InChI=1S/C17H24N2O3/c1-2-13-7-6-10-15(11-13)22-12-16(20)18-19-17(21)14-8-4-3-5-9-14/h6-7,10-11,14H,2-5,8-9,12H2,1H3,(H,18,20)(H,19,21). The Kier molecular flexibility index (Phi) is 6.25.